The third-order valence-electron chi connectivity index (χ3n) is 3.28. The zero-order valence-corrected chi connectivity index (χ0v) is 13.0. The third-order valence-corrected chi connectivity index (χ3v) is 3.28. The van der Waals surface area contributed by atoms with Crippen LogP contribution in [0.2, 0.25) is 0 Å². The molecule has 4 heteroatoms. The van der Waals surface area contributed by atoms with E-state index in [2.05, 4.69) is 10.5 Å². The summed E-state index contributed by atoms with van der Waals surface area (Å²) in [6, 6.07) is 19.7. The first-order chi connectivity index (χ1) is 10.7. The monoisotopic (exact) mass is 295 g/mol. The molecule has 0 spiro atoms. The van der Waals surface area contributed by atoms with E-state index in [4.69, 9.17) is 0 Å². The molecule has 0 saturated heterocycles. The van der Waals surface area contributed by atoms with Crippen molar-refractivity contribution in [2.45, 2.75) is 12.8 Å². The van der Waals surface area contributed by atoms with Gasteiger partial charge in [-0.15, -0.1) is 0 Å². The Bertz CT molecular complexity index is 621. The van der Waals surface area contributed by atoms with Gasteiger partial charge in [0.15, 0.2) is 0 Å². The van der Waals surface area contributed by atoms with Gasteiger partial charge < -0.3 is 4.90 Å². The highest BCUT2D eigenvalue weighted by Crippen LogP contribution is 2.10. The summed E-state index contributed by atoms with van der Waals surface area (Å²) in [6.45, 7) is 0. The molecule has 0 aliphatic carbocycles. The van der Waals surface area contributed by atoms with Gasteiger partial charge in [0.25, 0.3) is 0 Å². The molecule has 4 nitrogen and oxygen atoms in total. The summed E-state index contributed by atoms with van der Waals surface area (Å²) >= 11 is 0. The first kappa shape index (κ1) is 15.8. The highest BCUT2D eigenvalue weighted by molar-refractivity contribution is 6.02. The summed E-state index contributed by atoms with van der Waals surface area (Å²) < 4.78 is 0. The largest absolute Gasteiger partial charge is 0.349 e. The smallest absolute Gasteiger partial charge is 0.222 e. The van der Waals surface area contributed by atoms with Gasteiger partial charge in [-0.25, -0.2) is 0 Å². The molecule has 0 aromatic heterocycles. The number of para-hydroxylation sites is 1. The zero-order valence-electron chi connectivity index (χ0n) is 13.0. The average Bonchev–Trinajstić information content (AvgIpc) is 2.56. The minimum atomic E-state index is 0.100. The minimum Gasteiger partial charge on any atom is -0.349 e. The lowest BCUT2D eigenvalue weighted by molar-refractivity contribution is -0.128. The molecule has 0 fully saturated rings. The molecule has 2 aromatic carbocycles. The van der Waals surface area contributed by atoms with Crippen molar-refractivity contribution in [2.75, 3.05) is 19.5 Å². The molecular weight excluding hydrogens is 274 g/mol. The van der Waals surface area contributed by atoms with Crippen LogP contribution in [0.25, 0.3) is 0 Å². The third kappa shape index (κ3) is 4.74. The van der Waals surface area contributed by atoms with Crippen molar-refractivity contribution in [1.82, 2.24) is 4.90 Å². The number of carbonyl (C=O) groups is 1. The van der Waals surface area contributed by atoms with Gasteiger partial charge in [-0.1, -0.05) is 48.5 Å². The summed E-state index contributed by atoms with van der Waals surface area (Å²) in [6.07, 6.45) is 1.04. The van der Waals surface area contributed by atoms with Crippen molar-refractivity contribution >= 4 is 17.3 Å². The van der Waals surface area contributed by atoms with Crippen LogP contribution in [-0.2, 0) is 4.79 Å². The highest BCUT2D eigenvalue weighted by atomic mass is 16.2. The van der Waals surface area contributed by atoms with Crippen molar-refractivity contribution in [3.8, 4) is 0 Å². The Morgan fingerprint density at radius 3 is 2.14 bits per heavy atom. The summed E-state index contributed by atoms with van der Waals surface area (Å²) in [7, 11) is 3.54. The first-order valence-corrected chi connectivity index (χ1v) is 7.30. The molecule has 1 N–H and O–H groups in total. The van der Waals surface area contributed by atoms with E-state index >= 15 is 0 Å². The Morgan fingerprint density at radius 1 is 0.955 bits per heavy atom. The molecule has 0 unspecified atom stereocenters. The Hall–Kier alpha value is -2.62. The Balaban J connectivity index is 2.13. The fourth-order valence-corrected chi connectivity index (χ4v) is 1.99. The fraction of sp³-hybridized carbons (Fsp3) is 0.222. The predicted molar refractivity (Wildman–Crippen MR) is 91.0 cm³/mol. The van der Waals surface area contributed by atoms with Crippen LogP contribution < -0.4 is 5.43 Å². The van der Waals surface area contributed by atoms with E-state index < -0.39 is 0 Å². The number of nitrogens with zero attached hydrogens (tertiary/aromatic N) is 2. The van der Waals surface area contributed by atoms with Gasteiger partial charge in [0.2, 0.25) is 5.91 Å². The second kappa shape index (κ2) is 7.98. The second-order valence-electron chi connectivity index (χ2n) is 5.19. The number of nitrogens with one attached hydrogen (secondary N) is 1. The number of hydrogen-bond donors (Lipinski definition) is 1. The van der Waals surface area contributed by atoms with E-state index in [1.807, 2.05) is 60.7 Å². The number of carbonyl (C=O) groups excluding carboxylic acids is 1. The van der Waals surface area contributed by atoms with E-state index in [1.165, 1.54) is 0 Å². The average molecular weight is 295 g/mol. The van der Waals surface area contributed by atoms with E-state index in [-0.39, 0.29) is 5.91 Å². The Labute approximate surface area is 131 Å². The van der Waals surface area contributed by atoms with Crippen molar-refractivity contribution in [2.24, 2.45) is 5.10 Å². The Kier molecular flexibility index (Phi) is 5.72. The molecule has 22 heavy (non-hydrogen) atoms. The van der Waals surface area contributed by atoms with Gasteiger partial charge in [-0.05, 0) is 17.7 Å². The fourth-order valence-electron chi connectivity index (χ4n) is 1.99. The van der Waals surface area contributed by atoms with Crippen LogP contribution >= 0.6 is 0 Å². The first-order valence-electron chi connectivity index (χ1n) is 7.30. The summed E-state index contributed by atoms with van der Waals surface area (Å²) in [5, 5.41) is 4.49. The topological polar surface area (TPSA) is 44.7 Å². The van der Waals surface area contributed by atoms with Crippen LogP contribution in [0, 0.1) is 0 Å². The highest BCUT2D eigenvalue weighted by Gasteiger charge is 2.09. The molecule has 0 saturated carbocycles. The molecule has 2 aromatic rings. The van der Waals surface area contributed by atoms with E-state index in [0.29, 0.717) is 12.8 Å². The quantitative estimate of drug-likeness (QED) is 0.656. The van der Waals surface area contributed by atoms with E-state index in [9.17, 15) is 4.79 Å². The van der Waals surface area contributed by atoms with Gasteiger partial charge in [-0.2, -0.15) is 5.10 Å². The maximum Gasteiger partial charge on any atom is 0.222 e. The van der Waals surface area contributed by atoms with E-state index in [0.717, 1.165) is 17.0 Å². The Morgan fingerprint density at radius 2 is 1.55 bits per heavy atom. The molecule has 0 atom stereocenters. The van der Waals surface area contributed by atoms with Gasteiger partial charge in [0.05, 0.1) is 11.4 Å². The number of rotatable bonds is 6. The molecule has 0 bridgehead atoms. The molecule has 2 rings (SSSR count). The molecule has 0 aliphatic heterocycles. The van der Waals surface area contributed by atoms with Crippen molar-refractivity contribution < 1.29 is 4.79 Å². The summed E-state index contributed by atoms with van der Waals surface area (Å²) in [5.41, 5.74) is 5.89. The molecule has 114 valence electrons. The van der Waals surface area contributed by atoms with Gasteiger partial charge in [-0.3, -0.25) is 10.2 Å². The minimum absolute atomic E-state index is 0.100. The van der Waals surface area contributed by atoms with E-state index in [1.54, 1.807) is 19.0 Å². The normalized spacial score (nSPS) is 11.1. The van der Waals surface area contributed by atoms with Crippen LogP contribution in [-0.4, -0.2) is 30.6 Å². The maximum absolute atomic E-state index is 11.8. The molecule has 0 radical (unpaired) electrons. The number of anilines is 1. The second-order valence-corrected chi connectivity index (χ2v) is 5.19. The predicted octanol–water partition coefficient (Wildman–Crippen LogP) is 3.37. The molecule has 0 heterocycles. The lowest BCUT2D eigenvalue weighted by Gasteiger charge is -2.12. The number of hydrogen-bond acceptors (Lipinski definition) is 3. The number of benzene rings is 2. The zero-order chi connectivity index (χ0) is 15.8. The molecular formula is C18H21N3O. The van der Waals surface area contributed by atoms with Gasteiger partial charge in [0, 0.05) is 26.9 Å². The maximum atomic E-state index is 11.8. The molecule has 1 amide bonds. The van der Waals surface area contributed by atoms with Crippen molar-refractivity contribution in [3.05, 3.63) is 66.2 Å². The number of amides is 1. The van der Waals surface area contributed by atoms with Crippen LogP contribution in [0.15, 0.2) is 65.8 Å². The SMILES string of the molecule is CN(C)C(=O)CC/C(=N/Nc1ccccc1)c1ccccc1. The lowest BCUT2D eigenvalue weighted by atomic mass is 10.1. The lowest BCUT2D eigenvalue weighted by Crippen LogP contribution is -2.22. The summed E-state index contributed by atoms with van der Waals surface area (Å²) in [4.78, 5) is 13.4. The van der Waals surface area contributed by atoms with Crippen LogP contribution in [0.1, 0.15) is 18.4 Å². The van der Waals surface area contributed by atoms with Crippen molar-refractivity contribution in [1.29, 1.82) is 0 Å². The number of hydrazone groups is 1. The van der Waals surface area contributed by atoms with Crippen LogP contribution in [0.3, 0.4) is 0 Å². The van der Waals surface area contributed by atoms with Crippen LogP contribution in [0.5, 0.6) is 0 Å². The summed E-state index contributed by atoms with van der Waals surface area (Å²) in [5.74, 6) is 0.100. The molecule has 0 aliphatic rings. The standard InChI is InChI=1S/C18H21N3O/c1-21(2)18(22)14-13-17(15-9-5-3-6-10-15)20-19-16-11-7-4-8-12-16/h3-12,19H,13-14H2,1-2H3/b20-17-. The van der Waals surface area contributed by atoms with Crippen LogP contribution in [0.4, 0.5) is 5.69 Å². The van der Waals surface area contributed by atoms with Gasteiger partial charge in [0.1, 0.15) is 0 Å². The van der Waals surface area contributed by atoms with Gasteiger partial charge >= 0.3 is 0 Å². The van der Waals surface area contributed by atoms with Crippen molar-refractivity contribution in [3.63, 3.8) is 0 Å².